The zero-order chi connectivity index (χ0) is 31.2. The Kier molecular flexibility index (Phi) is 7.64. The summed E-state index contributed by atoms with van der Waals surface area (Å²) in [6.07, 6.45) is 1.12. The highest BCUT2D eigenvalue weighted by atomic mass is 19.4. The van der Waals surface area contributed by atoms with Crippen LogP contribution in [0.3, 0.4) is 0 Å². The quantitative estimate of drug-likeness (QED) is 0.367. The Balaban J connectivity index is 1.60. The summed E-state index contributed by atoms with van der Waals surface area (Å²) in [6.45, 7) is 2.79. The lowest BCUT2D eigenvalue weighted by Crippen LogP contribution is -2.41. The van der Waals surface area contributed by atoms with Gasteiger partial charge in [0, 0.05) is 25.0 Å². The molecule has 2 aliphatic heterocycles. The molecule has 0 aliphatic carbocycles. The van der Waals surface area contributed by atoms with Crippen molar-refractivity contribution in [3.8, 4) is 29.0 Å². The van der Waals surface area contributed by atoms with E-state index in [0.717, 1.165) is 19.4 Å². The van der Waals surface area contributed by atoms with E-state index >= 15 is 0 Å². The zero-order valence-electron chi connectivity index (χ0n) is 24.0. The van der Waals surface area contributed by atoms with E-state index in [4.69, 9.17) is 9.47 Å². The molecule has 5 heterocycles. The standard InChI is InChI=1S/C29H29F3N8O4/c1-17-23-4-3-10-38(23)16-25-19(26(43-13-9-33)36-39(25)11-12-41)6-7-22-20-14-18(21-15-34-37(2)27(21)44-17)5-8-24(20)40(35-22)28(42)29(30,31)32/h5-8,14-15,17,23,41H,3-4,10-13,16H2,1-2H3/b7-6-/t17?,23-/m1/s1. The molecule has 1 fully saturated rings. The van der Waals surface area contributed by atoms with Gasteiger partial charge >= 0.3 is 12.1 Å². The van der Waals surface area contributed by atoms with Gasteiger partial charge in [0.15, 0.2) is 6.61 Å². The molecule has 2 bridgehead atoms. The summed E-state index contributed by atoms with van der Waals surface area (Å²) in [4.78, 5) is 14.6. The molecule has 0 saturated carbocycles. The van der Waals surface area contributed by atoms with Crippen LogP contribution in [0, 0.1) is 11.3 Å². The number of nitriles is 1. The van der Waals surface area contributed by atoms with Crippen molar-refractivity contribution in [1.29, 1.82) is 5.26 Å². The van der Waals surface area contributed by atoms with Gasteiger partial charge in [0.05, 0.1) is 47.4 Å². The van der Waals surface area contributed by atoms with E-state index in [1.165, 1.54) is 12.1 Å². The summed E-state index contributed by atoms with van der Waals surface area (Å²) in [5, 5.41) is 32.2. The second-order valence-electron chi connectivity index (χ2n) is 10.7. The minimum atomic E-state index is -5.15. The van der Waals surface area contributed by atoms with Crippen LogP contribution in [0.4, 0.5) is 13.2 Å². The SMILES string of the molecule is CC1Oc2c(cnn2C)-c2ccc3c(c2)c(nn3C(=O)C(F)(F)F)/C=C\c2c(OCC#N)nn(CCO)c2CN2CCC[C@H]12. The van der Waals surface area contributed by atoms with Crippen LogP contribution in [0.15, 0.2) is 24.4 Å². The Morgan fingerprint density at radius 3 is 2.84 bits per heavy atom. The van der Waals surface area contributed by atoms with Crippen molar-refractivity contribution in [3.63, 3.8) is 0 Å². The van der Waals surface area contributed by atoms with Gasteiger partial charge in [-0.2, -0.15) is 33.3 Å². The summed E-state index contributed by atoms with van der Waals surface area (Å²) in [5.41, 5.74) is 2.48. The Morgan fingerprint density at radius 1 is 1.27 bits per heavy atom. The van der Waals surface area contributed by atoms with Crippen LogP contribution in [0.1, 0.15) is 41.5 Å². The van der Waals surface area contributed by atoms with E-state index in [9.17, 15) is 28.3 Å². The summed E-state index contributed by atoms with van der Waals surface area (Å²) in [6, 6.07) is 6.63. The molecule has 44 heavy (non-hydrogen) atoms. The van der Waals surface area contributed by atoms with Crippen molar-refractivity contribution in [2.24, 2.45) is 7.05 Å². The fourth-order valence-electron chi connectivity index (χ4n) is 5.97. The molecular weight excluding hydrogens is 581 g/mol. The van der Waals surface area contributed by atoms with Crippen LogP contribution in [0.5, 0.6) is 11.8 Å². The molecule has 1 N–H and O–H groups in total. The first-order chi connectivity index (χ1) is 21.1. The van der Waals surface area contributed by atoms with Crippen LogP contribution in [0.2, 0.25) is 0 Å². The monoisotopic (exact) mass is 610 g/mol. The van der Waals surface area contributed by atoms with Gasteiger partial charge < -0.3 is 14.6 Å². The van der Waals surface area contributed by atoms with Gasteiger partial charge in [-0.3, -0.25) is 14.4 Å². The molecule has 1 aromatic carbocycles. The highest BCUT2D eigenvalue weighted by Gasteiger charge is 2.42. The van der Waals surface area contributed by atoms with E-state index < -0.39 is 12.1 Å². The lowest BCUT2D eigenvalue weighted by molar-refractivity contribution is -0.0952. The number of aliphatic hydroxyl groups excluding tert-OH is 1. The third-order valence-corrected chi connectivity index (χ3v) is 8.00. The number of rotatable bonds is 4. The van der Waals surface area contributed by atoms with E-state index in [2.05, 4.69) is 20.2 Å². The summed E-state index contributed by atoms with van der Waals surface area (Å²) < 4.78 is 56.4. The van der Waals surface area contributed by atoms with Gasteiger partial charge in [-0.15, -0.1) is 5.10 Å². The molecule has 0 amide bonds. The topological polar surface area (TPSA) is 136 Å². The van der Waals surface area contributed by atoms with Crippen LogP contribution in [-0.2, 0) is 20.1 Å². The lowest BCUT2D eigenvalue weighted by atomic mass is 10.0. The molecule has 2 aliphatic rings. The van der Waals surface area contributed by atoms with Gasteiger partial charge in [0.2, 0.25) is 11.8 Å². The summed E-state index contributed by atoms with van der Waals surface area (Å²) in [7, 11) is 1.75. The molecule has 12 nitrogen and oxygen atoms in total. The first-order valence-corrected chi connectivity index (χ1v) is 14.1. The van der Waals surface area contributed by atoms with Crippen molar-refractivity contribution in [2.45, 2.75) is 51.2 Å². The van der Waals surface area contributed by atoms with Crippen LogP contribution in [-0.4, -0.2) is 83.3 Å². The minimum Gasteiger partial charge on any atom is -0.473 e. The van der Waals surface area contributed by atoms with E-state index in [-0.39, 0.29) is 49.0 Å². The van der Waals surface area contributed by atoms with E-state index in [1.54, 1.807) is 40.8 Å². The Bertz CT molecular complexity index is 1800. The molecule has 4 aromatic rings. The van der Waals surface area contributed by atoms with Crippen molar-refractivity contribution in [3.05, 3.63) is 41.3 Å². The number of benzene rings is 1. The number of alkyl halides is 3. The maximum Gasteiger partial charge on any atom is 0.473 e. The van der Waals surface area contributed by atoms with E-state index in [0.29, 0.717) is 44.9 Å². The summed E-state index contributed by atoms with van der Waals surface area (Å²) >= 11 is 0. The highest BCUT2D eigenvalue weighted by Crippen LogP contribution is 2.37. The van der Waals surface area contributed by atoms with Crippen molar-refractivity contribution in [2.75, 3.05) is 19.8 Å². The van der Waals surface area contributed by atoms with Crippen molar-refractivity contribution < 1.29 is 32.5 Å². The van der Waals surface area contributed by atoms with Gasteiger partial charge in [0.1, 0.15) is 12.2 Å². The molecule has 0 spiro atoms. The largest absolute Gasteiger partial charge is 0.473 e. The first kappa shape index (κ1) is 29.4. The smallest absolute Gasteiger partial charge is 0.473 e. The highest BCUT2D eigenvalue weighted by molar-refractivity contribution is 5.99. The maximum atomic E-state index is 13.6. The third-order valence-electron chi connectivity index (χ3n) is 8.00. The number of aryl methyl sites for hydroxylation is 1. The third kappa shape index (κ3) is 5.20. The fourth-order valence-corrected chi connectivity index (χ4v) is 5.97. The predicted molar refractivity (Wildman–Crippen MR) is 151 cm³/mol. The second-order valence-corrected chi connectivity index (χ2v) is 10.7. The van der Waals surface area contributed by atoms with Crippen LogP contribution < -0.4 is 9.47 Å². The number of aliphatic hydroxyl groups is 1. The average molecular weight is 611 g/mol. The molecular formula is C29H29F3N8O4. The lowest BCUT2D eigenvalue weighted by Gasteiger charge is -2.30. The van der Waals surface area contributed by atoms with E-state index in [1.807, 2.05) is 13.0 Å². The number of aromatic nitrogens is 6. The molecule has 3 aromatic heterocycles. The number of fused-ring (bicyclic) bond motifs is 5. The van der Waals surface area contributed by atoms with Gasteiger partial charge in [-0.25, -0.2) is 4.68 Å². The molecule has 1 unspecified atom stereocenters. The van der Waals surface area contributed by atoms with Crippen molar-refractivity contribution in [1.82, 2.24) is 34.2 Å². The van der Waals surface area contributed by atoms with Crippen LogP contribution in [0.25, 0.3) is 34.2 Å². The number of hydrogen-bond acceptors (Lipinski definition) is 9. The molecule has 0 radical (unpaired) electrons. The molecule has 2 atom stereocenters. The second kappa shape index (κ2) is 11.4. The Hall–Kier alpha value is -4.68. The average Bonchev–Trinajstić information content (AvgIpc) is 3.76. The summed E-state index contributed by atoms with van der Waals surface area (Å²) in [5.74, 6) is -1.50. The number of ether oxygens (including phenoxy) is 2. The molecule has 15 heteroatoms. The van der Waals surface area contributed by atoms with Gasteiger partial charge in [-0.1, -0.05) is 6.07 Å². The Morgan fingerprint density at radius 2 is 2.09 bits per heavy atom. The zero-order valence-corrected chi connectivity index (χ0v) is 24.0. The van der Waals surface area contributed by atoms with Gasteiger partial charge in [-0.05, 0) is 56.2 Å². The molecule has 1 saturated heterocycles. The van der Waals surface area contributed by atoms with Crippen LogP contribution >= 0.6 is 0 Å². The maximum absolute atomic E-state index is 13.6. The fraction of sp³-hybridized carbons (Fsp3) is 0.414. The molecule has 6 rings (SSSR count). The number of nitrogens with zero attached hydrogens (tertiary/aromatic N) is 8. The van der Waals surface area contributed by atoms with Gasteiger partial charge in [0.25, 0.3) is 0 Å². The van der Waals surface area contributed by atoms with Crippen molar-refractivity contribution >= 4 is 29.0 Å². The normalized spacial score (nSPS) is 19.4. The first-order valence-electron chi connectivity index (χ1n) is 14.1. The predicted octanol–water partition coefficient (Wildman–Crippen LogP) is 3.65. The number of carbonyl (C=O) groups is 1. The number of hydrogen-bond donors (Lipinski definition) is 1. The Labute approximate surface area is 249 Å². The number of carbonyl (C=O) groups excluding carboxylic acids is 1. The molecule has 230 valence electrons. The number of halogens is 3. The minimum absolute atomic E-state index is 0.0246.